The highest BCUT2D eigenvalue weighted by atomic mass is 16.5. The van der Waals surface area contributed by atoms with E-state index in [2.05, 4.69) is 27.2 Å². The Balaban J connectivity index is 1.95. The summed E-state index contributed by atoms with van der Waals surface area (Å²) < 4.78 is 5.36. The first-order valence-corrected chi connectivity index (χ1v) is 6.18. The topological polar surface area (TPSA) is 50.3 Å². The zero-order chi connectivity index (χ0) is 12.1. The number of likely N-dealkylation sites (N-methyl/N-ethyl adjacent to an activating group) is 1. The fraction of sp³-hybridized carbons (Fsp3) is 0.667. The van der Waals surface area contributed by atoms with Crippen LogP contribution < -0.4 is 10.1 Å². The van der Waals surface area contributed by atoms with Gasteiger partial charge in [-0.1, -0.05) is 0 Å². The summed E-state index contributed by atoms with van der Waals surface area (Å²) in [4.78, 5) is 10.6. The molecule has 0 spiro atoms. The van der Waals surface area contributed by atoms with Gasteiger partial charge in [-0.15, -0.1) is 0 Å². The zero-order valence-electron chi connectivity index (χ0n) is 10.5. The van der Waals surface area contributed by atoms with Crippen LogP contribution >= 0.6 is 0 Å². The SMILES string of the molecule is CCOc1cc(NC2CCCN(C)C2)ncn1. The van der Waals surface area contributed by atoms with Gasteiger partial charge in [0.25, 0.3) is 0 Å². The van der Waals surface area contributed by atoms with Crippen molar-refractivity contribution in [2.75, 3.05) is 32.1 Å². The van der Waals surface area contributed by atoms with E-state index in [9.17, 15) is 0 Å². The highest BCUT2D eigenvalue weighted by molar-refractivity contribution is 5.38. The largest absolute Gasteiger partial charge is 0.478 e. The van der Waals surface area contributed by atoms with Crippen LogP contribution in [-0.2, 0) is 0 Å². The lowest BCUT2D eigenvalue weighted by Gasteiger charge is -2.30. The highest BCUT2D eigenvalue weighted by Crippen LogP contribution is 2.16. The van der Waals surface area contributed by atoms with Gasteiger partial charge in [0.2, 0.25) is 5.88 Å². The molecule has 2 heterocycles. The van der Waals surface area contributed by atoms with Crippen molar-refractivity contribution in [3.05, 3.63) is 12.4 Å². The van der Waals surface area contributed by atoms with Gasteiger partial charge in [-0.3, -0.25) is 0 Å². The lowest BCUT2D eigenvalue weighted by molar-refractivity contribution is 0.260. The average Bonchev–Trinajstić information content (AvgIpc) is 2.30. The van der Waals surface area contributed by atoms with Gasteiger partial charge in [0.15, 0.2) is 0 Å². The van der Waals surface area contributed by atoms with Crippen molar-refractivity contribution in [3.63, 3.8) is 0 Å². The smallest absolute Gasteiger partial charge is 0.218 e. The number of likely N-dealkylation sites (tertiary alicyclic amines) is 1. The first-order chi connectivity index (χ1) is 8.28. The van der Waals surface area contributed by atoms with Crippen molar-refractivity contribution in [1.82, 2.24) is 14.9 Å². The minimum Gasteiger partial charge on any atom is -0.478 e. The minimum absolute atomic E-state index is 0.470. The van der Waals surface area contributed by atoms with Crippen LogP contribution in [0.3, 0.4) is 0 Å². The van der Waals surface area contributed by atoms with Crippen LogP contribution in [0.15, 0.2) is 12.4 Å². The Morgan fingerprint density at radius 1 is 1.53 bits per heavy atom. The molecule has 0 aromatic carbocycles. The third kappa shape index (κ3) is 3.56. The summed E-state index contributed by atoms with van der Waals surface area (Å²) in [6.07, 6.45) is 3.97. The average molecular weight is 236 g/mol. The number of aromatic nitrogens is 2. The molecule has 1 aromatic rings. The van der Waals surface area contributed by atoms with Crippen LogP contribution in [0.25, 0.3) is 0 Å². The van der Waals surface area contributed by atoms with Crippen LogP contribution in [0.1, 0.15) is 19.8 Å². The second kappa shape index (κ2) is 5.82. The third-order valence-corrected chi connectivity index (χ3v) is 2.91. The maximum absolute atomic E-state index is 5.36. The number of nitrogens with zero attached hydrogens (tertiary/aromatic N) is 3. The van der Waals surface area contributed by atoms with Crippen molar-refractivity contribution >= 4 is 5.82 Å². The molecule has 0 aliphatic carbocycles. The fourth-order valence-electron chi connectivity index (χ4n) is 2.14. The monoisotopic (exact) mass is 236 g/mol. The molecule has 5 heteroatoms. The molecule has 0 bridgehead atoms. The predicted octanol–water partition coefficient (Wildman–Crippen LogP) is 1.38. The molecule has 1 unspecified atom stereocenters. The van der Waals surface area contributed by atoms with E-state index in [4.69, 9.17) is 4.74 Å². The van der Waals surface area contributed by atoms with E-state index in [1.807, 2.05) is 13.0 Å². The number of piperidine rings is 1. The quantitative estimate of drug-likeness (QED) is 0.856. The van der Waals surface area contributed by atoms with Crippen molar-refractivity contribution < 1.29 is 4.74 Å². The zero-order valence-corrected chi connectivity index (χ0v) is 10.5. The van der Waals surface area contributed by atoms with E-state index in [0.717, 1.165) is 12.4 Å². The van der Waals surface area contributed by atoms with E-state index in [0.29, 0.717) is 18.5 Å². The molecule has 17 heavy (non-hydrogen) atoms. The van der Waals surface area contributed by atoms with Gasteiger partial charge >= 0.3 is 0 Å². The second-order valence-corrected chi connectivity index (χ2v) is 4.42. The number of ether oxygens (including phenoxy) is 1. The van der Waals surface area contributed by atoms with Crippen LogP contribution in [0, 0.1) is 0 Å². The number of anilines is 1. The summed E-state index contributed by atoms with van der Waals surface area (Å²) in [5.41, 5.74) is 0. The summed E-state index contributed by atoms with van der Waals surface area (Å²) >= 11 is 0. The molecular weight excluding hydrogens is 216 g/mol. The Hall–Kier alpha value is -1.36. The summed E-state index contributed by atoms with van der Waals surface area (Å²) in [5, 5.41) is 3.44. The molecule has 2 rings (SSSR count). The number of nitrogens with one attached hydrogen (secondary N) is 1. The minimum atomic E-state index is 0.470. The fourth-order valence-corrected chi connectivity index (χ4v) is 2.14. The molecule has 1 aliphatic rings. The number of rotatable bonds is 4. The standard InChI is InChI=1S/C12H20N4O/c1-3-17-12-7-11(13-9-14-12)15-10-5-4-6-16(2)8-10/h7,9-10H,3-6,8H2,1-2H3,(H,13,14,15). The molecule has 94 valence electrons. The Bertz CT molecular complexity index is 358. The van der Waals surface area contributed by atoms with Gasteiger partial charge in [0.1, 0.15) is 12.1 Å². The Morgan fingerprint density at radius 2 is 2.41 bits per heavy atom. The van der Waals surface area contributed by atoms with E-state index < -0.39 is 0 Å². The van der Waals surface area contributed by atoms with Crippen LogP contribution in [-0.4, -0.2) is 47.7 Å². The molecule has 1 saturated heterocycles. The summed E-state index contributed by atoms with van der Waals surface area (Å²) in [5.74, 6) is 1.48. The van der Waals surface area contributed by atoms with Crippen LogP contribution in [0.2, 0.25) is 0 Å². The first-order valence-electron chi connectivity index (χ1n) is 6.18. The van der Waals surface area contributed by atoms with Gasteiger partial charge in [-0.05, 0) is 33.4 Å². The van der Waals surface area contributed by atoms with E-state index in [1.165, 1.54) is 19.4 Å². The molecular formula is C12H20N4O. The molecule has 5 nitrogen and oxygen atoms in total. The van der Waals surface area contributed by atoms with Gasteiger partial charge in [-0.25, -0.2) is 9.97 Å². The predicted molar refractivity (Wildman–Crippen MR) is 67.3 cm³/mol. The second-order valence-electron chi connectivity index (χ2n) is 4.42. The summed E-state index contributed by atoms with van der Waals surface area (Å²) in [6, 6.07) is 2.33. The number of hydrogen-bond donors (Lipinski definition) is 1. The Kier molecular flexibility index (Phi) is 4.14. The van der Waals surface area contributed by atoms with Crippen LogP contribution in [0.5, 0.6) is 5.88 Å². The van der Waals surface area contributed by atoms with E-state index in [1.54, 1.807) is 6.33 Å². The molecule has 1 atom stereocenters. The Morgan fingerprint density at radius 3 is 3.18 bits per heavy atom. The Labute approximate surface area is 102 Å². The molecule has 1 aromatic heterocycles. The van der Waals surface area contributed by atoms with Gasteiger partial charge in [0.05, 0.1) is 6.61 Å². The maximum atomic E-state index is 5.36. The maximum Gasteiger partial charge on any atom is 0.218 e. The molecule has 1 N–H and O–H groups in total. The van der Waals surface area contributed by atoms with Gasteiger partial charge < -0.3 is 15.0 Å². The highest BCUT2D eigenvalue weighted by Gasteiger charge is 2.17. The lowest BCUT2D eigenvalue weighted by atomic mass is 10.1. The molecule has 0 amide bonds. The normalized spacial score (nSPS) is 21.2. The first kappa shape index (κ1) is 12.1. The molecule has 0 radical (unpaired) electrons. The number of hydrogen-bond acceptors (Lipinski definition) is 5. The van der Waals surface area contributed by atoms with Gasteiger partial charge in [-0.2, -0.15) is 0 Å². The van der Waals surface area contributed by atoms with Crippen molar-refractivity contribution in [3.8, 4) is 5.88 Å². The van der Waals surface area contributed by atoms with Crippen molar-refractivity contribution in [1.29, 1.82) is 0 Å². The molecule has 1 fully saturated rings. The van der Waals surface area contributed by atoms with Crippen molar-refractivity contribution in [2.45, 2.75) is 25.8 Å². The summed E-state index contributed by atoms with van der Waals surface area (Å²) in [6.45, 7) is 4.83. The van der Waals surface area contributed by atoms with Crippen molar-refractivity contribution in [2.24, 2.45) is 0 Å². The molecule has 1 aliphatic heterocycles. The summed E-state index contributed by atoms with van der Waals surface area (Å²) in [7, 11) is 2.15. The van der Waals surface area contributed by atoms with Gasteiger partial charge in [0, 0.05) is 18.7 Å². The van der Waals surface area contributed by atoms with E-state index >= 15 is 0 Å². The van der Waals surface area contributed by atoms with E-state index in [-0.39, 0.29) is 0 Å². The molecule has 0 saturated carbocycles. The third-order valence-electron chi connectivity index (χ3n) is 2.91. The lowest BCUT2D eigenvalue weighted by Crippen LogP contribution is -2.39. The van der Waals surface area contributed by atoms with Crippen LogP contribution in [0.4, 0.5) is 5.82 Å².